The lowest BCUT2D eigenvalue weighted by Gasteiger charge is -2.33. The van der Waals surface area contributed by atoms with Gasteiger partial charge in [-0.1, -0.05) is 25.1 Å². The third kappa shape index (κ3) is 3.31. The molecule has 0 aliphatic carbocycles. The predicted molar refractivity (Wildman–Crippen MR) is 102 cm³/mol. The molecule has 2 aromatic carbocycles. The van der Waals surface area contributed by atoms with Crippen LogP contribution in [0.5, 0.6) is 0 Å². The first-order valence-corrected chi connectivity index (χ1v) is 9.04. The summed E-state index contributed by atoms with van der Waals surface area (Å²) in [6.07, 6.45) is 1.12. The van der Waals surface area contributed by atoms with Gasteiger partial charge in [-0.2, -0.15) is 9.83 Å². The van der Waals surface area contributed by atoms with E-state index in [4.69, 9.17) is 0 Å². The van der Waals surface area contributed by atoms with Crippen LogP contribution in [0.3, 0.4) is 0 Å². The second kappa shape index (κ2) is 7.21. The highest BCUT2D eigenvalue weighted by Gasteiger charge is 2.43. The zero-order valence-electron chi connectivity index (χ0n) is 15.5. The van der Waals surface area contributed by atoms with Crippen LogP contribution in [0.15, 0.2) is 60.9 Å². The summed E-state index contributed by atoms with van der Waals surface area (Å²) in [5, 5.41) is 31.8. The molecule has 0 aliphatic rings. The topological polar surface area (TPSA) is 88.7 Å². The van der Waals surface area contributed by atoms with Crippen LogP contribution in [0.2, 0.25) is 0 Å². The predicted octanol–water partition coefficient (Wildman–Crippen LogP) is 3.10. The first-order chi connectivity index (χ1) is 13.9. The minimum atomic E-state index is -1.89. The Bertz CT molecular complexity index is 1170. The summed E-state index contributed by atoms with van der Waals surface area (Å²) >= 11 is 0. The van der Waals surface area contributed by atoms with E-state index in [2.05, 4.69) is 15.2 Å². The van der Waals surface area contributed by atoms with Crippen molar-refractivity contribution in [2.24, 2.45) is 0 Å². The molecule has 4 aromatic rings. The SMILES string of the molecule is CC(c1nc[nH]n1)C(O)(Cc1ccc2ccccc2[n+]1[O-])c1ccc(F)cc1F. The average Bonchev–Trinajstić information content (AvgIpc) is 3.24. The van der Waals surface area contributed by atoms with Crippen LogP contribution in [0, 0.1) is 16.8 Å². The number of pyridine rings is 1. The maximum atomic E-state index is 14.7. The molecule has 29 heavy (non-hydrogen) atoms. The Labute approximate surface area is 165 Å². The summed E-state index contributed by atoms with van der Waals surface area (Å²) in [5.41, 5.74) is -1.37. The number of benzene rings is 2. The molecule has 0 fully saturated rings. The number of rotatable bonds is 5. The summed E-state index contributed by atoms with van der Waals surface area (Å²) in [4.78, 5) is 4.06. The van der Waals surface area contributed by atoms with Crippen molar-refractivity contribution in [1.29, 1.82) is 0 Å². The second-order valence-corrected chi connectivity index (χ2v) is 6.98. The van der Waals surface area contributed by atoms with Gasteiger partial charge in [0.1, 0.15) is 23.6 Å². The van der Waals surface area contributed by atoms with E-state index in [-0.39, 0.29) is 23.5 Å². The van der Waals surface area contributed by atoms with Gasteiger partial charge in [0.15, 0.2) is 11.5 Å². The van der Waals surface area contributed by atoms with Crippen LogP contribution < -0.4 is 4.73 Å². The van der Waals surface area contributed by atoms with Crippen LogP contribution in [0.4, 0.5) is 8.78 Å². The number of halogens is 2. The first-order valence-electron chi connectivity index (χ1n) is 9.04. The monoisotopic (exact) mass is 396 g/mol. The lowest BCUT2D eigenvalue weighted by atomic mass is 9.78. The number of aromatic amines is 1. The summed E-state index contributed by atoms with van der Waals surface area (Å²) < 4.78 is 28.9. The van der Waals surface area contributed by atoms with Crippen molar-refractivity contribution < 1.29 is 18.6 Å². The Morgan fingerprint density at radius 1 is 1.17 bits per heavy atom. The minimum Gasteiger partial charge on any atom is -0.618 e. The maximum absolute atomic E-state index is 14.7. The normalized spacial score (nSPS) is 14.6. The van der Waals surface area contributed by atoms with Crippen LogP contribution in [-0.4, -0.2) is 20.3 Å². The third-order valence-corrected chi connectivity index (χ3v) is 5.26. The Morgan fingerprint density at radius 3 is 2.69 bits per heavy atom. The van der Waals surface area contributed by atoms with Crippen molar-refractivity contribution in [3.63, 3.8) is 0 Å². The maximum Gasteiger partial charge on any atom is 0.223 e. The van der Waals surface area contributed by atoms with E-state index >= 15 is 0 Å². The molecule has 8 heteroatoms. The summed E-state index contributed by atoms with van der Waals surface area (Å²) in [7, 11) is 0. The Kier molecular flexibility index (Phi) is 4.71. The fourth-order valence-corrected chi connectivity index (χ4v) is 3.59. The summed E-state index contributed by atoms with van der Waals surface area (Å²) in [6.45, 7) is 1.63. The molecule has 0 bridgehead atoms. The van der Waals surface area contributed by atoms with Gasteiger partial charge in [-0.25, -0.2) is 13.8 Å². The molecule has 4 rings (SSSR count). The standard InChI is InChI=1S/C21H18F2N4O2/c1-13(20-24-12-25-26-20)21(28,17-9-7-15(22)10-18(17)23)11-16-8-6-14-4-2-3-5-19(14)27(16)29/h2-10,12-13,28H,11H2,1H3,(H,24,25,26). The van der Waals surface area contributed by atoms with Gasteiger partial charge < -0.3 is 10.3 Å². The fourth-order valence-electron chi connectivity index (χ4n) is 3.59. The molecular weight excluding hydrogens is 378 g/mol. The molecule has 2 atom stereocenters. The van der Waals surface area contributed by atoms with Gasteiger partial charge in [0, 0.05) is 29.1 Å². The highest BCUT2D eigenvalue weighted by Crippen LogP contribution is 2.39. The first kappa shape index (κ1) is 18.9. The molecule has 2 N–H and O–H groups in total. The molecule has 2 unspecified atom stereocenters. The quantitative estimate of drug-likeness (QED) is 0.401. The highest BCUT2D eigenvalue weighted by atomic mass is 19.1. The van der Waals surface area contributed by atoms with Crippen LogP contribution >= 0.6 is 0 Å². The van der Waals surface area contributed by atoms with Crippen molar-refractivity contribution in [1.82, 2.24) is 15.2 Å². The zero-order chi connectivity index (χ0) is 20.6. The molecule has 2 heterocycles. The Balaban J connectivity index is 1.86. The molecule has 0 spiro atoms. The van der Waals surface area contributed by atoms with Gasteiger partial charge in [0.05, 0.1) is 12.3 Å². The van der Waals surface area contributed by atoms with Crippen molar-refractivity contribution in [3.8, 4) is 0 Å². The van der Waals surface area contributed by atoms with Gasteiger partial charge in [-0.3, -0.25) is 5.10 Å². The van der Waals surface area contributed by atoms with Crippen LogP contribution in [-0.2, 0) is 12.0 Å². The minimum absolute atomic E-state index is 0.135. The van der Waals surface area contributed by atoms with E-state index in [9.17, 15) is 19.1 Å². The lowest BCUT2D eigenvalue weighted by molar-refractivity contribution is -0.587. The van der Waals surface area contributed by atoms with Crippen molar-refractivity contribution in [3.05, 3.63) is 94.8 Å². The van der Waals surface area contributed by atoms with Crippen molar-refractivity contribution in [2.45, 2.75) is 24.9 Å². The summed E-state index contributed by atoms with van der Waals surface area (Å²) in [6, 6.07) is 13.3. The van der Waals surface area contributed by atoms with E-state index in [0.29, 0.717) is 16.3 Å². The average molecular weight is 396 g/mol. The molecule has 0 aliphatic heterocycles. The van der Waals surface area contributed by atoms with E-state index in [1.54, 1.807) is 37.3 Å². The molecule has 148 valence electrons. The van der Waals surface area contributed by atoms with Crippen LogP contribution in [0.1, 0.15) is 29.9 Å². The smallest absolute Gasteiger partial charge is 0.223 e. The number of H-pyrrole nitrogens is 1. The van der Waals surface area contributed by atoms with E-state index in [1.807, 2.05) is 6.07 Å². The molecule has 6 nitrogen and oxygen atoms in total. The van der Waals surface area contributed by atoms with Gasteiger partial charge in [0.25, 0.3) is 0 Å². The largest absolute Gasteiger partial charge is 0.618 e. The molecule has 0 saturated carbocycles. The van der Waals surface area contributed by atoms with E-state index in [0.717, 1.165) is 11.5 Å². The van der Waals surface area contributed by atoms with Gasteiger partial charge in [-0.15, -0.1) is 0 Å². The Morgan fingerprint density at radius 2 is 1.97 bits per heavy atom. The number of aromatic nitrogens is 4. The Hall–Kier alpha value is -3.39. The highest BCUT2D eigenvalue weighted by molar-refractivity contribution is 5.75. The van der Waals surface area contributed by atoms with E-state index in [1.165, 1.54) is 12.4 Å². The number of nitrogens with one attached hydrogen (secondary N) is 1. The van der Waals surface area contributed by atoms with Crippen LogP contribution in [0.25, 0.3) is 10.9 Å². The van der Waals surface area contributed by atoms with Gasteiger partial charge in [-0.05, 0) is 18.2 Å². The lowest BCUT2D eigenvalue weighted by Crippen LogP contribution is -2.42. The third-order valence-electron chi connectivity index (χ3n) is 5.26. The summed E-state index contributed by atoms with van der Waals surface area (Å²) in [5.74, 6) is -2.22. The van der Waals surface area contributed by atoms with Gasteiger partial charge >= 0.3 is 0 Å². The molecular formula is C21H18F2N4O2. The number of aliphatic hydroxyl groups is 1. The number of nitrogens with zero attached hydrogens (tertiary/aromatic N) is 3. The van der Waals surface area contributed by atoms with E-state index < -0.39 is 23.2 Å². The number of para-hydroxylation sites is 1. The number of fused-ring (bicyclic) bond motifs is 1. The fraction of sp³-hybridized carbons (Fsp3) is 0.190. The molecule has 2 aromatic heterocycles. The molecule has 0 radical (unpaired) electrons. The number of hydrogen-bond acceptors (Lipinski definition) is 4. The second-order valence-electron chi connectivity index (χ2n) is 6.98. The number of hydrogen-bond donors (Lipinski definition) is 2. The van der Waals surface area contributed by atoms with Crippen molar-refractivity contribution in [2.75, 3.05) is 0 Å². The zero-order valence-corrected chi connectivity index (χ0v) is 15.5. The molecule has 0 saturated heterocycles. The molecule has 0 amide bonds. The van der Waals surface area contributed by atoms with Crippen molar-refractivity contribution >= 4 is 10.9 Å². The van der Waals surface area contributed by atoms with Gasteiger partial charge in [0.2, 0.25) is 5.52 Å².